The number of carboxylic acids is 1. The highest BCUT2D eigenvalue weighted by molar-refractivity contribution is 8.14. The number of thiazole rings is 3. The van der Waals surface area contributed by atoms with Crippen LogP contribution in [0.2, 0.25) is 0 Å². The second kappa shape index (κ2) is 48.9. The number of nitrogens with zero attached hydrogens (tertiary/aromatic N) is 3. The minimum atomic E-state index is -1.41. The van der Waals surface area contributed by atoms with Gasteiger partial charge in [0.1, 0.15) is 32.8 Å². The van der Waals surface area contributed by atoms with Gasteiger partial charge in [0.15, 0.2) is 28.9 Å². The number of carbonyl (C=O) groups excluding carboxylic acids is 13. The van der Waals surface area contributed by atoms with Gasteiger partial charge in [0.05, 0.1) is 114 Å². The van der Waals surface area contributed by atoms with Crippen LogP contribution in [0, 0.1) is 61.2 Å². The predicted molar refractivity (Wildman–Crippen MR) is 406 cm³/mol. The third kappa shape index (κ3) is 33.9. The van der Waals surface area contributed by atoms with E-state index in [9.17, 15) is 67.1 Å². The lowest BCUT2D eigenvalue weighted by Crippen LogP contribution is -2.52. The summed E-state index contributed by atoms with van der Waals surface area (Å²) in [7, 11) is 8.36. The van der Waals surface area contributed by atoms with E-state index in [1.54, 1.807) is 46.8 Å². The van der Waals surface area contributed by atoms with Crippen molar-refractivity contribution >= 4 is 138 Å². The Morgan fingerprint density at radius 2 is 0.794 bits per heavy atom. The number of hydrogen-bond donors (Lipinski definition) is 7. The molecule has 4 aromatic rings. The molecule has 0 saturated carbocycles. The molecule has 35 heteroatoms. The third-order valence-electron chi connectivity index (χ3n) is 15.7. The summed E-state index contributed by atoms with van der Waals surface area (Å²) in [6.07, 6.45) is 4.08. The molecule has 8 atom stereocenters. The van der Waals surface area contributed by atoms with Crippen molar-refractivity contribution in [3.63, 3.8) is 0 Å². The molecule has 594 valence electrons. The molecule has 1 aromatic carbocycles. The lowest BCUT2D eigenvalue weighted by Gasteiger charge is -2.29. The fourth-order valence-corrected chi connectivity index (χ4v) is 13.8. The molecular formula is C72H105N9O21S5. The maximum Gasteiger partial charge on any atom is 0.309 e. The molecule has 107 heavy (non-hydrogen) atoms. The van der Waals surface area contributed by atoms with Gasteiger partial charge in [-0.1, -0.05) is 69.4 Å². The first kappa shape index (κ1) is 95.6. The summed E-state index contributed by atoms with van der Waals surface area (Å²) in [6.45, 7) is 20.2. The average molecular weight is 1590 g/mol. The van der Waals surface area contributed by atoms with Crippen molar-refractivity contribution < 1.29 is 101 Å². The average Bonchev–Trinajstić information content (AvgIpc) is 1.78. The second-order valence-corrected chi connectivity index (χ2v) is 32.5. The molecule has 0 fully saturated rings. The lowest BCUT2D eigenvalue weighted by atomic mass is 9.82. The number of ether oxygens (including phenoxy) is 6. The summed E-state index contributed by atoms with van der Waals surface area (Å²) >= 11 is 5.51. The van der Waals surface area contributed by atoms with Crippen molar-refractivity contribution in [2.24, 2.45) is 40.4 Å². The predicted octanol–water partition coefficient (Wildman–Crippen LogP) is 6.31. The molecule has 4 rings (SSSR count). The third-order valence-corrected chi connectivity index (χ3v) is 20.9. The summed E-state index contributed by atoms with van der Waals surface area (Å²) in [5, 5.41) is 26.5. The smallest absolute Gasteiger partial charge is 0.309 e. The number of aryl methyl sites for hydroxylation is 3. The van der Waals surface area contributed by atoms with Gasteiger partial charge in [-0.3, -0.25) is 67.1 Å². The Labute approximate surface area is 645 Å². The van der Waals surface area contributed by atoms with Crippen molar-refractivity contribution in [3.8, 4) is 0 Å². The molecule has 0 saturated heterocycles. The van der Waals surface area contributed by atoms with Crippen molar-refractivity contribution in [3.05, 3.63) is 78.6 Å². The van der Waals surface area contributed by atoms with Crippen LogP contribution >= 0.6 is 57.5 Å². The van der Waals surface area contributed by atoms with Crippen LogP contribution in [-0.2, 0) is 81.2 Å². The number of hydrogen-bond acceptors (Lipinski definition) is 28. The van der Waals surface area contributed by atoms with E-state index in [2.05, 4.69) is 46.9 Å². The van der Waals surface area contributed by atoms with Gasteiger partial charge in [-0.25, -0.2) is 15.0 Å². The van der Waals surface area contributed by atoms with Crippen LogP contribution in [0.3, 0.4) is 0 Å². The number of carbonyl (C=O) groups is 14. The lowest BCUT2D eigenvalue weighted by molar-refractivity contribution is -0.146. The number of aromatic nitrogens is 3. The van der Waals surface area contributed by atoms with Crippen molar-refractivity contribution in [1.82, 2.24) is 46.9 Å². The van der Waals surface area contributed by atoms with E-state index in [-0.39, 0.29) is 99.8 Å². The Balaban J connectivity index is 0.000000569. The number of ketones is 5. The van der Waals surface area contributed by atoms with Crippen LogP contribution in [0.4, 0.5) is 0 Å². The zero-order chi connectivity index (χ0) is 80.9. The summed E-state index contributed by atoms with van der Waals surface area (Å²) in [5.41, 5.74) is -2.80. The second-order valence-electron chi connectivity index (χ2n) is 26.7. The number of benzene rings is 1. The summed E-state index contributed by atoms with van der Waals surface area (Å²) in [5.74, 6) is -8.53. The van der Waals surface area contributed by atoms with Crippen LogP contribution in [-0.4, -0.2) is 225 Å². The van der Waals surface area contributed by atoms with Gasteiger partial charge in [-0.15, -0.1) is 34.0 Å². The first-order valence-corrected chi connectivity index (χ1v) is 38.4. The summed E-state index contributed by atoms with van der Waals surface area (Å²) < 4.78 is 30.5. The maximum atomic E-state index is 13.7. The molecule has 3 aromatic heterocycles. The first-order chi connectivity index (χ1) is 50.3. The van der Waals surface area contributed by atoms with E-state index < -0.39 is 123 Å². The number of methoxy groups -OCH3 is 6. The summed E-state index contributed by atoms with van der Waals surface area (Å²) in [4.78, 5) is 193. The van der Waals surface area contributed by atoms with Gasteiger partial charge in [0.2, 0.25) is 28.0 Å². The molecule has 0 unspecified atom stereocenters. The zero-order valence-electron chi connectivity index (χ0n) is 64.1. The van der Waals surface area contributed by atoms with Crippen molar-refractivity contribution in [2.75, 3.05) is 94.6 Å². The van der Waals surface area contributed by atoms with Gasteiger partial charge in [0, 0.05) is 86.0 Å². The SMILES string of the molecule is COC[C@H](CC(=O)[C@H](COC)NC(=O)c1cnc(C)s1)C(=O)N[C@@H](CC(C)C)C(=O)C(C)(C)C(=O)SCCNC(C)=O.COC[C@H](CC(=O)[C@H](COC)NC(=O)c1cnc(C)s1)C(=O)N[C@@H](CC(C)C)C(=O)C(C)(C)C(=O)Sc1ccccc1.COC[C@H](CC(=O)[C@H](COC)NC(=O)c1cnc(C)s1)C(=O)O. The van der Waals surface area contributed by atoms with E-state index in [0.29, 0.717) is 36.8 Å². The number of aliphatic carboxylic acids is 1. The Kier molecular flexibility index (Phi) is 43.7. The molecule has 3 heterocycles. The molecule has 0 aliphatic carbocycles. The van der Waals surface area contributed by atoms with Gasteiger partial charge < -0.3 is 65.4 Å². The van der Waals surface area contributed by atoms with Gasteiger partial charge >= 0.3 is 5.97 Å². The molecule has 7 N–H and O–H groups in total. The quantitative estimate of drug-likeness (QED) is 0.0145. The van der Waals surface area contributed by atoms with E-state index >= 15 is 0 Å². The topological polar surface area (TPSA) is 425 Å². The van der Waals surface area contributed by atoms with Crippen molar-refractivity contribution in [2.45, 2.75) is 150 Å². The van der Waals surface area contributed by atoms with Crippen molar-refractivity contribution in [1.29, 1.82) is 0 Å². The molecule has 0 bridgehead atoms. The Morgan fingerprint density at radius 3 is 1.09 bits per heavy atom. The van der Waals surface area contributed by atoms with Gasteiger partial charge in [-0.05, 0) is 85.3 Å². The van der Waals surface area contributed by atoms with E-state index in [0.717, 1.165) is 33.4 Å². The first-order valence-electron chi connectivity index (χ1n) is 34.1. The highest BCUT2D eigenvalue weighted by Gasteiger charge is 2.44. The molecular weight excluding hydrogens is 1490 g/mol. The van der Waals surface area contributed by atoms with Crippen LogP contribution in [0.5, 0.6) is 0 Å². The largest absolute Gasteiger partial charge is 0.481 e. The van der Waals surface area contributed by atoms with Crippen LogP contribution < -0.4 is 31.9 Å². The standard InChI is InChI=1S/C30H41N3O7S2.C28H44N4O8S2.C14H20N2O6S/c1-18(2)13-22(26(35)30(4,5)29(38)42-21-11-9-8-10-12-21)32-27(36)20(16-39-6)14-24(34)23(17-40-7)33-28(37)25-15-31-19(3)41-25;1-16(2)11-20(24(35)28(5,6)27(38)41-10-9-29-17(3)33)31-25(36)19(14-39-7)12-22(34)21(15-40-8)32-26(37)23-13-30-18(4)42-23;1-8-15-5-12(23-8)13(18)16-10(7-22-3)11(17)4-9(6-21-2)14(19)20/h8-12,15,18,20,22-23H,13-14,16-17H2,1-7H3,(H,32,36)(H,33,37);13,16,19-21H,9-12,14-15H2,1-8H3,(H,29,33)(H,31,36)(H,32,37);5,9-10H,4,6-7H2,1-3H3,(H,16,18)(H,19,20)/t20-,22-,23-;19-,20-,21-;9-,10-/m000/s1. The number of thioether (sulfide) groups is 2. The summed E-state index contributed by atoms with van der Waals surface area (Å²) in [6, 6.07) is 4.17. The number of rotatable bonds is 46. The number of carboxylic acid groups (broad SMARTS) is 1. The Morgan fingerprint density at radius 1 is 0.467 bits per heavy atom. The van der Waals surface area contributed by atoms with Gasteiger partial charge in [-0.2, -0.15) is 0 Å². The Hall–Kier alpha value is -7.45. The molecule has 0 spiro atoms. The minimum Gasteiger partial charge on any atom is -0.481 e. The molecule has 6 amide bonds. The zero-order valence-corrected chi connectivity index (χ0v) is 68.2. The molecule has 0 aliphatic rings. The number of Topliss-reactive ketones (excluding diaryl/α,β-unsaturated/α-hetero) is 5. The number of amides is 6. The van der Waals surface area contributed by atoms with Gasteiger partial charge in [0.25, 0.3) is 17.7 Å². The van der Waals surface area contributed by atoms with Crippen LogP contribution in [0.25, 0.3) is 0 Å². The van der Waals surface area contributed by atoms with Crippen LogP contribution in [0.15, 0.2) is 53.8 Å². The number of nitrogens with one attached hydrogen (secondary N) is 6. The molecule has 30 nitrogen and oxygen atoms in total. The molecule has 0 radical (unpaired) electrons. The van der Waals surface area contributed by atoms with Crippen LogP contribution in [0.1, 0.15) is 138 Å². The normalized spacial score (nSPS) is 13.6. The molecule has 0 aliphatic heterocycles. The van der Waals surface area contributed by atoms with E-state index in [1.165, 1.54) is 116 Å². The minimum absolute atomic E-state index is 0.0109. The van der Waals surface area contributed by atoms with E-state index in [1.807, 2.05) is 45.9 Å². The Bertz CT molecular complexity index is 3600. The highest BCUT2D eigenvalue weighted by atomic mass is 32.2. The highest BCUT2D eigenvalue weighted by Crippen LogP contribution is 2.33. The van der Waals surface area contributed by atoms with E-state index in [4.69, 9.17) is 33.5 Å². The maximum absolute atomic E-state index is 13.7. The fourth-order valence-electron chi connectivity index (χ4n) is 10.00. The monoisotopic (exact) mass is 1590 g/mol. The fraction of sp³-hybridized carbons (Fsp3) is 0.597.